The van der Waals surface area contributed by atoms with Crippen molar-refractivity contribution >= 4 is 0 Å². The first-order valence-corrected chi connectivity index (χ1v) is 4.88. The zero-order valence-corrected chi connectivity index (χ0v) is 8.79. The molecule has 4 nitrogen and oxygen atoms in total. The Morgan fingerprint density at radius 1 is 1.33 bits per heavy atom. The fraction of sp³-hybridized carbons (Fsp3) is 0.273. The molecule has 2 aromatic heterocycles. The first-order chi connectivity index (χ1) is 7.27. The summed E-state index contributed by atoms with van der Waals surface area (Å²) in [6, 6.07) is 4.61. The number of hydrogen-bond donors (Lipinski definition) is 0. The van der Waals surface area contributed by atoms with Crippen LogP contribution in [0.1, 0.15) is 19.9 Å². The van der Waals surface area contributed by atoms with Crippen LogP contribution in [0.4, 0.5) is 0 Å². The molecule has 2 heterocycles. The molecule has 0 radical (unpaired) electrons. The molecule has 0 N–H and O–H groups in total. The molecule has 4 heteroatoms. The van der Waals surface area contributed by atoms with Crippen LogP contribution in [0.2, 0.25) is 0 Å². The molecular formula is C11H13N3O. The van der Waals surface area contributed by atoms with Crippen molar-refractivity contribution < 1.29 is 4.74 Å². The van der Waals surface area contributed by atoms with Gasteiger partial charge in [0.1, 0.15) is 5.75 Å². The summed E-state index contributed by atoms with van der Waals surface area (Å²) >= 11 is 0. The molecule has 0 saturated heterocycles. The molecule has 78 valence electrons. The van der Waals surface area contributed by atoms with Crippen molar-refractivity contribution in [3.8, 4) is 11.8 Å². The van der Waals surface area contributed by atoms with Crippen LogP contribution in [0.5, 0.6) is 11.8 Å². The van der Waals surface area contributed by atoms with Crippen molar-refractivity contribution in [1.82, 2.24) is 14.5 Å². The zero-order chi connectivity index (χ0) is 10.7. The topological polar surface area (TPSA) is 39.9 Å². The standard InChI is InChI=1S/C11H13N3O/c1-9(2)14-7-6-13-11(14)15-10-4-3-5-12-8-10/h3-9H,1-2H3. The Morgan fingerprint density at radius 2 is 2.20 bits per heavy atom. The quantitative estimate of drug-likeness (QED) is 0.769. The lowest BCUT2D eigenvalue weighted by Gasteiger charge is -2.10. The SMILES string of the molecule is CC(C)n1ccnc1Oc1cccnc1. The van der Waals surface area contributed by atoms with E-state index in [0.29, 0.717) is 17.8 Å². The minimum atomic E-state index is 0.333. The second-order valence-electron chi connectivity index (χ2n) is 3.50. The molecule has 0 atom stereocenters. The first kappa shape index (κ1) is 9.71. The molecule has 0 amide bonds. The van der Waals surface area contributed by atoms with Gasteiger partial charge < -0.3 is 4.74 Å². The van der Waals surface area contributed by atoms with E-state index in [1.807, 2.05) is 22.9 Å². The van der Waals surface area contributed by atoms with Crippen LogP contribution in [0, 0.1) is 0 Å². The molecule has 2 aromatic rings. The Labute approximate surface area is 88.6 Å². The monoisotopic (exact) mass is 203 g/mol. The normalized spacial score (nSPS) is 10.6. The van der Waals surface area contributed by atoms with E-state index in [1.54, 1.807) is 18.6 Å². The van der Waals surface area contributed by atoms with E-state index in [1.165, 1.54) is 0 Å². The van der Waals surface area contributed by atoms with Gasteiger partial charge in [-0.15, -0.1) is 0 Å². The molecule has 0 aliphatic carbocycles. The van der Waals surface area contributed by atoms with Crippen LogP contribution in [0.15, 0.2) is 36.9 Å². The molecule has 0 aromatic carbocycles. The minimum absolute atomic E-state index is 0.333. The highest BCUT2D eigenvalue weighted by molar-refractivity contribution is 5.20. The molecule has 0 spiro atoms. The number of hydrogen-bond acceptors (Lipinski definition) is 3. The second-order valence-corrected chi connectivity index (χ2v) is 3.50. The lowest BCUT2D eigenvalue weighted by Crippen LogP contribution is -2.02. The molecule has 0 aliphatic heterocycles. The highest BCUT2D eigenvalue weighted by atomic mass is 16.5. The van der Waals surface area contributed by atoms with E-state index in [0.717, 1.165) is 0 Å². The third kappa shape index (κ3) is 2.15. The summed E-state index contributed by atoms with van der Waals surface area (Å²) in [7, 11) is 0. The van der Waals surface area contributed by atoms with Gasteiger partial charge in [-0.05, 0) is 26.0 Å². The van der Waals surface area contributed by atoms with Gasteiger partial charge in [0, 0.05) is 24.6 Å². The molecule has 0 unspecified atom stereocenters. The maximum atomic E-state index is 5.60. The summed E-state index contributed by atoms with van der Waals surface area (Å²) < 4.78 is 7.57. The second kappa shape index (κ2) is 4.13. The minimum Gasteiger partial charge on any atom is -0.424 e. The molecule has 0 fully saturated rings. The van der Waals surface area contributed by atoms with Crippen LogP contribution in [0.25, 0.3) is 0 Å². The first-order valence-electron chi connectivity index (χ1n) is 4.88. The Bertz CT molecular complexity index is 422. The third-order valence-corrected chi connectivity index (χ3v) is 2.03. The number of pyridine rings is 1. The summed E-state index contributed by atoms with van der Waals surface area (Å²) in [5.41, 5.74) is 0. The average molecular weight is 203 g/mol. The van der Waals surface area contributed by atoms with Gasteiger partial charge in [-0.3, -0.25) is 9.55 Å². The highest BCUT2D eigenvalue weighted by Gasteiger charge is 2.07. The highest BCUT2D eigenvalue weighted by Crippen LogP contribution is 2.21. The Balaban J connectivity index is 2.21. The van der Waals surface area contributed by atoms with Gasteiger partial charge in [0.05, 0.1) is 6.20 Å². The Hall–Kier alpha value is -1.84. The lowest BCUT2D eigenvalue weighted by atomic mass is 10.4. The predicted octanol–water partition coefficient (Wildman–Crippen LogP) is 2.65. The van der Waals surface area contributed by atoms with E-state index in [2.05, 4.69) is 23.8 Å². The number of rotatable bonds is 3. The van der Waals surface area contributed by atoms with E-state index >= 15 is 0 Å². The molecule has 15 heavy (non-hydrogen) atoms. The third-order valence-electron chi connectivity index (χ3n) is 2.03. The summed E-state index contributed by atoms with van der Waals surface area (Å²) in [6.45, 7) is 4.16. The van der Waals surface area contributed by atoms with Gasteiger partial charge in [0.25, 0.3) is 0 Å². The van der Waals surface area contributed by atoms with E-state index < -0.39 is 0 Å². The van der Waals surface area contributed by atoms with Crippen LogP contribution >= 0.6 is 0 Å². The molecule has 0 bridgehead atoms. The van der Waals surface area contributed by atoms with Crippen LogP contribution in [0.3, 0.4) is 0 Å². The van der Waals surface area contributed by atoms with Crippen LogP contribution < -0.4 is 4.74 Å². The summed E-state index contributed by atoms with van der Waals surface area (Å²) in [6.07, 6.45) is 7.00. The van der Waals surface area contributed by atoms with Crippen molar-refractivity contribution in [1.29, 1.82) is 0 Å². The van der Waals surface area contributed by atoms with Gasteiger partial charge in [-0.25, -0.2) is 4.98 Å². The fourth-order valence-electron chi connectivity index (χ4n) is 1.28. The number of ether oxygens (including phenoxy) is 1. The molecule has 2 rings (SSSR count). The van der Waals surface area contributed by atoms with Gasteiger partial charge in [0.2, 0.25) is 0 Å². The van der Waals surface area contributed by atoms with Gasteiger partial charge in [0.15, 0.2) is 0 Å². The predicted molar refractivity (Wildman–Crippen MR) is 56.9 cm³/mol. The van der Waals surface area contributed by atoms with Gasteiger partial charge in [-0.1, -0.05) is 0 Å². The smallest absolute Gasteiger partial charge is 0.302 e. The van der Waals surface area contributed by atoms with Gasteiger partial charge in [-0.2, -0.15) is 0 Å². The maximum absolute atomic E-state index is 5.60. The number of nitrogens with zero attached hydrogens (tertiary/aromatic N) is 3. The number of imidazole rings is 1. The van der Waals surface area contributed by atoms with Crippen molar-refractivity contribution in [2.75, 3.05) is 0 Å². The summed E-state index contributed by atoms with van der Waals surface area (Å²) in [5.74, 6) is 0.700. The number of aromatic nitrogens is 3. The van der Waals surface area contributed by atoms with E-state index in [9.17, 15) is 0 Å². The van der Waals surface area contributed by atoms with Gasteiger partial charge >= 0.3 is 6.01 Å². The summed E-state index contributed by atoms with van der Waals surface area (Å²) in [5, 5.41) is 0. The van der Waals surface area contributed by atoms with Crippen LogP contribution in [-0.4, -0.2) is 14.5 Å². The average Bonchev–Trinajstić information content (AvgIpc) is 2.67. The van der Waals surface area contributed by atoms with Crippen molar-refractivity contribution in [3.05, 3.63) is 36.9 Å². The zero-order valence-electron chi connectivity index (χ0n) is 8.79. The lowest BCUT2D eigenvalue weighted by molar-refractivity contribution is 0.394. The Morgan fingerprint density at radius 3 is 2.87 bits per heavy atom. The molecule has 0 aliphatic rings. The maximum Gasteiger partial charge on any atom is 0.302 e. The van der Waals surface area contributed by atoms with Crippen molar-refractivity contribution in [2.24, 2.45) is 0 Å². The van der Waals surface area contributed by atoms with Crippen molar-refractivity contribution in [2.45, 2.75) is 19.9 Å². The Kier molecular flexibility index (Phi) is 2.67. The summed E-state index contributed by atoms with van der Waals surface area (Å²) in [4.78, 5) is 8.12. The fourth-order valence-corrected chi connectivity index (χ4v) is 1.28. The van der Waals surface area contributed by atoms with Crippen molar-refractivity contribution in [3.63, 3.8) is 0 Å². The van der Waals surface area contributed by atoms with E-state index in [4.69, 9.17) is 4.74 Å². The molecular weight excluding hydrogens is 190 g/mol. The van der Waals surface area contributed by atoms with Crippen LogP contribution in [-0.2, 0) is 0 Å². The molecule has 0 saturated carbocycles. The largest absolute Gasteiger partial charge is 0.424 e. The van der Waals surface area contributed by atoms with E-state index in [-0.39, 0.29) is 0 Å².